The maximum atomic E-state index is 11.8. The Balaban J connectivity index is 5.33. The van der Waals surface area contributed by atoms with Crippen molar-refractivity contribution in [2.45, 2.75) is 17.9 Å². The lowest BCUT2D eigenvalue weighted by molar-refractivity contribution is -0.279. The summed E-state index contributed by atoms with van der Waals surface area (Å²) in [5.41, 5.74) is 1.16. The summed E-state index contributed by atoms with van der Waals surface area (Å²) in [5, 5.41) is 0. The van der Waals surface area contributed by atoms with E-state index < -0.39 is 17.9 Å². The second-order valence-electron chi connectivity index (χ2n) is 2.21. The van der Waals surface area contributed by atoms with E-state index in [0.29, 0.717) is 0 Å². The number of rotatable bonds is 1. The van der Waals surface area contributed by atoms with Gasteiger partial charge in [0.05, 0.1) is 0 Å². The van der Waals surface area contributed by atoms with Gasteiger partial charge in [0.1, 0.15) is 0 Å². The molecular weight excluding hydrogens is 200 g/mol. The second kappa shape index (κ2) is 3.08. The van der Waals surface area contributed by atoms with Crippen LogP contribution in [0.3, 0.4) is 0 Å². The first kappa shape index (κ1) is 12.1. The zero-order valence-corrected chi connectivity index (χ0v) is 6.13. The topological polar surface area (TPSA) is 26.0 Å². The van der Waals surface area contributed by atoms with E-state index in [4.69, 9.17) is 0 Å². The molecule has 0 aromatic rings. The van der Waals surface area contributed by atoms with Gasteiger partial charge in [-0.3, -0.25) is 0 Å². The Morgan fingerprint density at radius 2 is 1.31 bits per heavy atom. The largest absolute Gasteiger partial charge is 0.419 e. The molecule has 76 valence electrons. The van der Waals surface area contributed by atoms with Crippen LogP contribution in [0.4, 0.5) is 26.3 Å². The highest BCUT2D eigenvalue weighted by molar-refractivity contribution is 5.12. The number of hydrogen-bond acceptors (Lipinski definition) is 1. The molecule has 0 atom stereocenters. The van der Waals surface area contributed by atoms with E-state index in [2.05, 4.69) is 12.3 Å². The highest BCUT2D eigenvalue weighted by atomic mass is 19.4. The molecule has 0 radical (unpaired) electrons. The third-order valence-electron chi connectivity index (χ3n) is 1.27. The van der Waals surface area contributed by atoms with Gasteiger partial charge in [-0.05, 0) is 6.08 Å². The second-order valence-corrected chi connectivity index (χ2v) is 2.21. The van der Waals surface area contributed by atoms with Gasteiger partial charge in [0.15, 0.2) is 0 Å². The average Bonchev–Trinajstić information content (AvgIpc) is 1.82. The lowest BCUT2D eigenvalue weighted by Gasteiger charge is -2.29. The van der Waals surface area contributed by atoms with Gasteiger partial charge < -0.3 is 5.73 Å². The fourth-order valence-electron chi connectivity index (χ4n) is 0.485. The summed E-state index contributed by atoms with van der Waals surface area (Å²) in [5.74, 6) is 0. The van der Waals surface area contributed by atoms with Crippen LogP contribution in [0.1, 0.15) is 0 Å². The molecule has 0 saturated carbocycles. The van der Waals surface area contributed by atoms with E-state index in [1.807, 2.05) is 0 Å². The third-order valence-corrected chi connectivity index (χ3v) is 1.27. The average molecular weight is 205 g/mol. The molecule has 0 spiro atoms. The summed E-state index contributed by atoms with van der Waals surface area (Å²) in [7, 11) is 0. The van der Waals surface area contributed by atoms with Crippen molar-refractivity contribution in [2.75, 3.05) is 0 Å². The molecule has 0 amide bonds. The van der Waals surface area contributed by atoms with Gasteiger partial charge >= 0.3 is 12.4 Å². The minimum Gasteiger partial charge on any atom is -0.306 e. The van der Waals surface area contributed by atoms with Crippen LogP contribution in [0.2, 0.25) is 0 Å². The molecule has 0 aliphatic carbocycles. The van der Waals surface area contributed by atoms with Crippen LogP contribution in [0.15, 0.2) is 18.4 Å². The summed E-state index contributed by atoms with van der Waals surface area (Å²) in [6, 6.07) is 0. The van der Waals surface area contributed by atoms with Crippen molar-refractivity contribution in [3.8, 4) is 0 Å². The van der Waals surface area contributed by atoms with Gasteiger partial charge in [0.2, 0.25) is 5.54 Å². The minimum atomic E-state index is -5.62. The smallest absolute Gasteiger partial charge is 0.306 e. The highest BCUT2D eigenvalue weighted by Crippen LogP contribution is 2.41. The number of halogens is 6. The normalized spacial score (nSPS) is 13.8. The van der Waals surface area contributed by atoms with Gasteiger partial charge in [-0.1, -0.05) is 6.58 Å². The first-order valence-electron chi connectivity index (χ1n) is 2.85. The Labute approximate surface area is 69.5 Å². The van der Waals surface area contributed by atoms with Crippen molar-refractivity contribution >= 4 is 0 Å². The summed E-state index contributed by atoms with van der Waals surface area (Å²) >= 11 is 0. The van der Waals surface area contributed by atoms with E-state index >= 15 is 0 Å². The summed E-state index contributed by atoms with van der Waals surface area (Å²) < 4.78 is 71.1. The predicted molar refractivity (Wildman–Crippen MR) is 32.7 cm³/mol. The Morgan fingerprint density at radius 3 is 1.38 bits per heavy atom. The molecule has 0 heterocycles. The Hall–Kier alpha value is -0.940. The molecule has 0 aromatic carbocycles. The highest BCUT2D eigenvalue weighted by Gasteiger charge is 2.67. The maximum absolute atomic E-state index is 11.8. The number of hydrogen-bond donors (Lipinski definition) is 1. The van der Waals surface area contributed by atoms with E-state index in [0.717, 1.165) is 0 Å². The van der Waals surface area contributed by atoms with Gasteiger partial charge in [-0.15, -0.1) is 5.73 Å². The van der Waals surface area contributed by atoms with Gasteiger partial charge in [-0.25, -0.2) is 0 Å². The van der Waals surface area contributed by atoms with Crippen molar-refractivity contribution in [3.05, 3.63) is 18.4 Å². The monoisotopic (exact) mass is 205 g/mol. The molecule has 0 aliphatic rings. The fraction of sp³-hybridized carbons (Fsp3) is 0.500. The van der Waals surface area contributed by atoms with E-state index in [9.17, 15) is 26.3 Å². The molecule has 13 heavy (non-hydrogen) atoms. The van der Waals surface area contributed by atoms with Crippen molar-refractivity contribution in [1.29, 1.82) is 0 Å². The summed E-state index contributed by atoms with van der Waals surface area (Å²) in [4.78, 5) is 0. The summed E-state index contributed by atoms with van der Waals surface area (Å²) in [6.45, 7) is 2.61. The lowest BCUT2D eigenvalue weighted by Crippen LogP contribution is -2.62. The zero-order valence-electron chi connectivity index (χ0n) is 6.13. The number of alkyl halides is 6. The van der Waals surface area contributed by atoms with Crippen molar-refractivity contribution < 1.29 is 26.3 Å². The molecule has 7 heteroatoms. The Bertz CT molecular complexity index is 216. The van der Waals surface area contributed by atoms with Gasteiger partial charge in [0, 0.05) is 0 Å². The molecule has 0 aromatic heterocycles. The Kier molecular flexibility index (Phi) is 2.86. The molecule has 0 aliphatic heterocycles. The molecule has 0 unspecified atom stereocenters. The molecule has 0 saturated heterocycles. The van der Waals surface area contributed by atoms with Crippen LogP contribution in [-0.2, 0) is 0 Å². The van der Waals surface area contributed by atoms with Crippen molar-refractivity contribution in [3.63, 3.8) is 0 Å². The van der Waals surface area contributed by atoms with Crippen LogP contribution in [0.5, 0.6) is 0 Å². The first-order chi connectivity index (χ1) is 5.56. The van der Waals surface area contributed by atoms with Crippen molar-refractivity contribution in [1.82, 2.24) is 0 Å². The summed E-state index contributed by atoms with van der Waals surface area (Å²) in [6.07, 6.45) is -11.6. The van der Waals surface area contributed by atoms with Gasteiger partial charge in [-0.2, -0.15) is 26.3 Å². The molecule has 1 nitrogen and oxygen atoms in total. The van der Waals surface area contributed by atoms with Crippen LogP contribution in [0.25, 0.3) is 0 Å². The molecule has 0 fully saturated rings. The Morgan fingerprint density at radius 1 is 1.00 bits per heavy atom. The third kappa shape index (κ3) is 2.05. The van der Waals surface area contributed by atoms with Gasteiger partial charge in [0.25, 0.3) is 0 Å². The van der Waals surface area contributed by atoms with E-state index in [-0.39, 0.29) is 6.08 Å². The molecule has 0 bridgehead atoms. The fourth-order valence-corrected chi connectivity index (χ4v) is 0.485. The maximum Gasteiger partial charge on any atom is 0.419 e. The van der Waals surface area contributed by atoms with Crippen LogP contribution < -0.4 is 5.73 Å². The molecular formula is C6H5F6N. The minimum absolute atomic E-state index is 0.354. The lowest BCUT2D eigenvalue weighted by atomic mass is 10.00. The molecule has 0 rings (SSSR count). The predicted octanol–water partition coefficient (Wildman–Crippen LogP) is 2.15. The van der Waals surface area contributed by atoms with Crippen LogP contribution in [-0.4, -0.2) is 17.9 Å². The van der Waals surface area contributed by atoms with Crippen LogP contribution in [0, 0.1) is 0 Å². The quantitative estimate of drug-likeness (QED) is 0.515. The van der Waals surface area contributed by atoms with Crippen LogP contribution >= 0.6 is 0 Å². The standard InChI is InChI=1S/C6H5F6N/c1-2-3-4(13,5(7,8)9)6(10,11)12/h3H,1,13H2. The zero-order chi connectivity index (χ0) is 10.9. The molecule has 2 N–H and O–H groups in total. The SMILES string of the molecule is C=C=CC(N)(C(F)(F)F)C(F)(F)F. The van der Waals surface area contributed by atoms with E-state index in [1.165, 1.54) is 5.73 Å². The van der Waals surface area contributed by atoms with Crippen molar-refractivity contribution in [2.24, 2.45) is 5.73 Å². The van der Waals surface area contributed by atoms with E-state index in [1.54, 1.807) is 0 Å². The first-order valence-corrected chi connectivity index (χ1v) is 2.85. The number of nitrogens with two attached hydrogens (primary N) is 1.